The van der Waals surface area contributed by atoms with Gasteiger partial charge in [0.25, 0.3) is 0 Å². The quantitative estimate of drug-likeness (QED) is 0.238. The molecule has 2 aliphatic heterocycles. The summed E-state index contributed by atoms with van der Waals surface area (Å²) in [6.45, 7) is -0.724. The molecule has 0 saturated carbocycles. The van der Waals surface area contributed by atoms with Crippen LogP contribution >= 0.6 is 0 Å². The molecule has 2 fully saturated rings. The minimum Gasteiger partial charge on any atom is -0.479 e. The number of hydrogen-bond acceptors (Lipinski definition) is 11. The van der Waals surface area contributed by atoms with Crippen LogP contribution < -0.4 is 0 Å². The Kier molecular flexibility index (Phi) is 6.09. The maximum atomic E-state index is 11.0. The van der Waals surface area contributed by atoms with Crippen LogP contribution in [0.25, 0.3) is 0 Å². The third kappa shape index (κ3) is 3.52. The monoisotopic (exact) mass is 356 g/mol. The van der Waals surface area contributed by atoms with Crippen molar-refractivity contribution in [2.75, 3.05) is 6.61 Å². The third-order valence-corrected chi connectivity index (χ3v) is 3.93. The van der Waals surface area contributed by atoms with Gasteiger partial charge >= 0.3 is 5.97 Å². The van der Waals surface area contributed by atoms with Gasteiger partial charge in [-0.3, -0.25) is 0 Å². The van der Waals surface area contributed by atoms with Crippen molar-refractivity contribution in [2.45, 2.75) is 61.4 Å². The number of ether oxygens (including phenoxy) is 3. The number of carboxylic acid groups (broad SMARTS) is 1. The zero-order valence-electron chi connectivity index (χ0n) is 12.2. The maximum absolute atomic E-state index is 11.0. The SMILES string of the molecule is O=C(O)[C@H]1O[C@H](OC2O[C@@H](CO)[C@@H](O)[C@@H](O)[C@@H]2O)[C@H](O)[C@@H](O)[C@@H]1O. The minimum absolute atomic E-state index is 0.724. The van der Waals surface area contributed by atoms with E-state index < -0.39 is 74.0 Å². The second kappa shape index (κ2) is 7.53. The molecule has 2 rings (SSSR count). The Hall–Kier alpha value is -0.930. The van der Waals surface area contributed by atoms with Crippen molar-refractivity contribution in [3.05, 3.63) is 0 Å². The fourth-order valence-corrected chi connectivity index (χ4v) is 2.48. The lowest BCUT2D eigenvalue weighted by Gasteiger charge is -2.44. The molecule has 0 spiro atoms. The van der Waals surface area contributed by atoms with E-state index in [0.717, 1.165) is 0 Å². The average Bonchev–Trinajstić information content (AvgIpc) is 2.55. The molecule has 0 aromatic carbocycles. The highest BCUT2D eigenvalue weighted by Gasteiger charge is 2.51. The minimum atomic E-state index is -1.92. The van der Waals surface area contributed by atoms with E-state index in [9.17, 15) is 35.4 Å². The number of aliphatic hydroxyl groups is 7. The maximum Gasteiger partial charge on any atom is 0.335 e. The summed E-state index contributed by atoms with van der Waals surface area (Å²) in [6, 6.07) is 0. The van der Waals surface area contributed by atoms with Gasteiger partial charge in [0.15, 0.2) is 18.7 Å². The predicted octanol–water partition coefficient (Wildman–Crippen LogP) is -5.30. The fourth-order valence-electron chi connectivity index (χ4n) is 2.48. The second-order valence-corrected chi connectivity index (χ2v) is 5.57. The molecule has 0 radical (unpaired) electrons. The van der Waals surface area contributed by atoms with E-state index in [1.54, 1.807) is 0 Å². The number of rotatable bonds is 4. The molecule has 0 bridgehead atoms. The summed E-state index contributed by atoms with van der Waals surface area (Å²) < 4.78 is 14.9. The van der Waals surface area contributed by atoms with Gasteiger partial charge in [0.2, 0.25) is 0 Å². The number of aliphatic carboxylic acids is 1. The van der Waals surface area contributed by atoms with Crippen molar-refractivity contribution in [1.29, 1.82) is 0 Å². The van der Waals surface area contributed by atoms with Crippen LogP contribution in [0, 0.1) is 0 Å². The Balaban J connectivity index is 2.11. The summed E-state index contributed by atoms with van der Waals surface area (Å²) in [5.74, 6) is -1.63. The molecule has 1 unspecified atom stereocenters. The number of carbonyl (C=O) groups is 1. The number of carboxylic acids is 1. The summed E-state index contributed by atoms with van der Waals surface area (Å²) in [7, 11) is 0. The average molecular weight is 356 g/mol. The van der Waals surface area contributed by atoms with Crippen molar-refractivity contribution < 1.29 is 59.9 Å². The van der Waals surface area contributed by atoms with Gasteiger partial charge in [-0.25, -0.2) is 4.79 Å². The Labute approximate surface area is 135 Å². The van der Waals surface area contributed by atoms with Crippen LogP contribution in [-0.2, 0) is 19.0 Å². The third-order valence-electron chi connectivity index (χ3n) is 3.93. The van der Waals surface area contributed by atoms with Gasteiger partial charge < -0.3 is 55.1 Å². The molecule has 0 aromatic rings. The zero-order chi connectivity index (χ0) is 18.2. The molecular weight excluding hydrogens is 336 g/mol. The molecule has 8 N–H and O–H groups in total. The molecule has 12 nitrogen and oxygen atoms in total. The predicted molar refractivity (Wildman–Crippen MR) is 69.2 cm³/mol. The molecule has 24 heavy (non-hydrogen) atoms. The first-order valence-corrected chi connectivity index (χ1v) is 7.07. The Bertz CT molecular complexity index is 444. The van der Waals surface area contributed by atoms with E-state index in [4.69, 9.17) is 24.4 Å². The number of aliphatic hydroxyl groups excluding tert-OH is 7. The molecule has 2 saturated heterocycles. The van der Waals surface area contributed by atoms with Crippen LogP contribution in [0.3, 0.4) is 0 Å². The van der Waals surface area contributed by atoms with Crippen molar-refractivity contribution in [2.24, 2.45) is 0 Å². The van der Waals surface area contributed by atoms with E-state index in [2.05, 4.69) is 0 Å². The van der Waals surface area contributed by atoms with Crippen LogP contribution in [0.1, 0.15) is 0 Å². The topological polar surface area (TPSA) is 207 Å². The van der Waals surface area contributed by atoms with Crippen molar-refractivity contribution in [3.8, 4) is 0 Å². The summed E-state index contributed by atoms with van der Waals surface area (Å²) in [5.41, 5.74) is 0. The second-order valence-electron chi connectivity index (χ2n) is 5.57. The molecule has 2 aliphatic rings. The van der Waals surface area contributed by atoms with Crippen LogP contribution in [0.2, 0.25) is 0 Å². The van der Waals surface area contributed by atoms with Crippen LogP contribution in [0.4, 0.5) is 0 Å². The lowest BCUT2D eigenvalue weighted by atomic mass is 9.98. The van der Waals surface area contributed by atoms with Gasteiger partial charge in [-0.2, -0.15) is 0 Å². The van der Waals surface area contributed by atoms with Gasteiger partial charge in [-0.05, 0) is 0 Å². The van der Waals surface area contributed by atoms with E-state index in [-0.39, 0.29) is 0 Å². The lowest BCUT2D eigenvalue weighted by molar-refractivity contribution is -0.372. The van der Waals surface area contributed by atoms with E-state index in [1.807, 2.05) is 0 Å². The highest BCUT2D eigenvalue weighted by atomic mass is 16.8. The normalized spacial score (nSPS) is 49.8. The van der Waals surface area contributed by atoms with Gasteiger partial charge in [0.05, 0.1) is 6.61 Å². The van der Waals surface area contributed by atoms with Crippen molar-refractivity contribution in [1.82, 2.24) is 0 Å². The Morgan fingerprint density at radius 1 is 0.792 bits per heavy atom. The molecule has 10 atom stereocenters. The Morgan fingerprint density at radius 2 is 1.29 bits per heavy atom. The first-order valence-electron chi connectivity index (χ1n) is 7.07. The Morgan fingerprint density at radius 3 is 1.79 bits per heavy atom. The van der Waals surface area contributed by atoms with Gasteiger partial charge in [0, 0.05) is 0 Å². The summed E-state index contributed by atoms with van der Waals surface area (Å²) in [4.78, 5) is 11.0. The standard InChI is InChI=1S/C12H20O12/c13-1-2-3(14)4(15)7(18)11(22-2)24-12-8(19)5(16)6(17)9(23-12)10(20)21/h2-9,11-19H,1H2,(H,20,21)/t2-,3+,4+,5-,6-,7-,8+,9-,11?,12+/m0/s1. The summed E-state index contributed by atoms with van der Waals surface area (Å²) >= 11 is 0. The first-order chi connectivity index (χ1) is 11.2. The molecule has 0 aromatic heterocycles. The van der Waals surface area contributed by atoms with Crippen molar-refractivity contribution in [3.63, 3.8) is 0 Å². The van der Waals surface area contributed by atoms with Gasteiger partial charge in [-0.1, -0.05) is 0 Å². The van der Waals surface area contributed by atoms with Crippen molar-refractivity contribution >= 4 is 5.97 Å². The fraction of sp³-hybridized carbons (Fsp3) is 0.917. The zero-order valence-corrected chi connectivity index (χ0v) is 12.2. The molecular formula is C12H20O12. The van der Waals surface area contributed by atoms with Gasteiger partial charge in [-0.15, -0.1) is 0 Å². The smallest absolute Gasteiger partial charge is 0.335 e. The van der Waals surface area contributed by atoms with E-state index in [1.165, 1.54) is 0 Å². The summed E-state index contributed by atoms with van der Waals surface area (Å²) in [6.07, 6.45) is -17.7. The van der Waals surface area contributed by atoms with E-state index >= 15 is 0 Å². The molecule has 140 valence electrons. The molecule has 0 aliphatic carbocycles. The molecule has 12 heteroatoms. The van der Waals surface area contributed by atoms with Crippen LogP contribution in [0.15, 0.2) is 0 Å². The molecule has 0 amide bonds. The van der Waals surface area contributed by atoms with Gasteiger partial charge in [0.1, 0.15) is 42.7 Å². The lowest BCUT2D eigenvalue weighted by Crippen LogP contribution is -2.64. The van der Waals surface area contributed by atoms with E-state index in [0.29, 0.717) is 0 Å². The number of hydrogen-bond donors (Lipinski definition) is 8. The van der Waals surface area contributed by atoms with Crippen LogP contribution in [0.5, 0.6) is 0 Å². The van der Waals surface area contributed by atoms with Crippen LogP contribution in [-0.4, -0.2) is 115 Å². The highest BCUT2D eigenvalue weighted by Crippen LogP contribution is 2.28. The largest absolute Gasteiger partial charge is 0.479 e. The summed E-state index contributed by atoms with van der Waals surface area (Å²) in [5, 5.41) is 76.1. The highest BCUT2D eigenvalue weighted by molar-refractivity contribution is 5.73. The molecule has 2 heterocycles. The first kappa shape index (κ1) is 19.4.